The van der Waals surface area contributed by atoms with Crippen LogP contribution in [0.4, 0.5) is 5.69 Å². The molecule has 0 spiro atoms. The van der Waals surface area contributed by atoms with Crippen LogP contribution in [-0.2, 0) is 11.4 Å². The Kier molecular flexibility index (Phi) is 6.34. The summed E-state index contributed by atoms with van der Waals surface area (Å²) in [6, 6.07) is 17.6. The normalized spacial score (nSPS) is 10.4. The second kappa shape index (κ2) is 9.10. The number of amides is 2. The van der Waals surface area contributed by atoms with Crippen molar-refractivity contribution in [2.24, 2.45) is 0 Å². The van der Waals surface area contributed by atoms with Crippen LogP contribution in [0.1, 0.15) is 21.9 Å². The van der Waals surface area contributed by atoms with Crippen LogP contribution in [0, 0.1) is 6.92 Å². The first-order valence-corrected chi connectivity index (χ1v) is 8.99. The molecule has 3 rings (SSSR count). The molecule has 0 aliphatic carbocycles. The van der Waals surface area contributed by atoms with Gasteiger partial charge in [0.05, 0.1) is 6.54 Å². The molecule has 0 unspecified atom stereocenters. The van der Waals surface area contributed by atoms with Crippen molar-refractivity contribution in [2.75, 3.05) is 11.9 Å². The molecular weight excluding hydrogens is 380 g/mol. The zero-order valence-corrected chi connectivity index (χ0v) is 16.0. The number of rotatable bonds is 7. The van der Waals surface area contributed by atoms with Gasteiger partial charge in [-0.05, 0) is 49.4 Å². The second-order valence-electron chi connectivity index (χ2n) is 6.11. The van der Waals surface area contributed by atoms with E-state index in [2.05, 4.69) is 10.6 Å². The molecule has 6 nitrogen and oxygen atoms in total. The Bertz CT molecular complexity index is 967. The molecule has 28 heavy (non-hydrogen) atoms. The maximum absolute atomic E-state index is 12.1. The SMILES string of the molecule is Cc1ccc(OCc2ccc(C(=O)NCC(=O)Nc3cccc(Cl)c3)o2)cc1. The van der Waals surface area contributed by atoms with E-state index >= 15 is 0 Å². The Morgan fingerprint density at radius 1 is 1.07 bits per heavy atom. The number of halogens is 1. The van der Waals surface area contributed by atoms with Crippen LogP contribution in [0.25, 0.3) is 0 Å². The molecule has 0 atom stereocenters. The Morgan fingerprint density at radius 2 is 1.86 bits per heavy atom. The second-order valence-corrected chi connectivity index (χ2v) is 6.55. The van der Waals surface area contributed by atoms with Gasteiger partial charge in [0.15, 0.2) is 5.76 Å². The summed E-state index contributed by atoms with van der Waals surface area (Å²) in [6.07, 6.45) is 0. The molecule has 0 saturated heterocycles. The van der Waals surface area contributed by atoms with E-state index in [4.69, 9.17) is 20.8 Å². The van der Waals surface area contributed by atoms with Crippen LogP contribution in [0.15, 0.2) is 65.1 Å². The highest BCUT2D eigenvalue weighted by molar-refractivity contribution is 6.30. The standard InChI is InChI=1S/C21H19ClN2O4/c1-14-5-7-17(8-6-14)27-13-18-9-10-19(28-18)21(26)23-12-20(25)24-16-4-2-3-15(22)11-16/h2-11H,12-13H2,1H3,(H,23,26)(H,24,25). The summed E-state index contributed by atoms with van der Waals surface area (Å²) in [7, 11) is 0. The van der Waals surface area contributed by atoms with Gasteiger partial charge in [-0.25, -0.2) is 0 Å². The zero-order chi connectivity index (χ0) is 19.9. The first kappa shape index (κ1) is 19.5. The third kappa shape index (κ3) is 5.62. The lowest BCUT2D eigenvalue weighted by atomic mass is 10.2. The Labute approximate surface area is 167 Å². The van der Waals surface area contributed by atoms with Crippen LogP contribution < -0.4 is 15.4 Å². The minimum atomic E-state index is -0.483. The Balaban J connectivity index is 1.47. The number of aryl methyl sites for hydroxylation is 1. The van der Waals surface area contributed by atoms with Crippen LogP contribution in [0.3, 0.4) is 0 Å². The third-order valence-electron chi connectivity index (χ3n) is 3.81. The summed E-state index contributed by atoms with van der Waals surface area (Å²) in [4.78, 5) is 24.1. The Morgan fingerprint density at radius 3 is 2.61 bits per heavy atom. The van der Waals surface area contributed by atoms with Gasteiger partial charge >= 0.3 is 0 Å². The molecule has 3 aromatic rings. The molecule has 0 bridgehead atoms. The van der Waals surface area contributed by atoms with Crippen molar-refractivity contribution in [2.45, 2.75) is 13.5 Å². The van der Waals surface area contributed by atoms with Crippen molar-refractivity contribution in [1.29, 1.82) is 0 Å². The molecule has 0 radical (unpaired) electrons. The van der Waals surface area contributed by atoms with Crippen molar-refractivity contribution in [3.63, 3.8) is 0 Å². The van der Waals surface area contributed by atoms with Gasteiger partial charge in [-0.15, -0.1) is 0 Å². The first-order chi connectivity index (χ1) is 13.5. The van der Waals surface area contributed by atoms with Gasteiger partial charge in [0.25, 0.3) is 5.91 Å². The van der Waals surface area contributed by atoms with Gasteiger partial charge < -0.3 is 19.8 Å². The molecule has 0 aliphatic heterocycles. The van der Waals surface area contributed by atoms with Gasteiger partial charge in [-0.1, -0.05) is 35.4 Å². The molecule has 7 heteroatoms. The fourth-order valence-electron chi connectivity index (χ4n) is 2.39. The number of ether oxygens (including phenoxy) is 1. The van der Waals surface area contributed by atoms with Crippen LogP contribution in [0.2, 0.25) is 5.02 Å². The number of anilines is 1. The summed E-state index contributed by atoms with van der Waals surface area (Å²) in [5.74, 6) is 0.478. The van der Waals surface area contributed by atoms with E-state index in [-0.39, 0.29) is 24.8 Å². The molecular formula is C21H19ClN2O4. The molecule has 1 aromatic heterocycles. The number of furan rings is 1. The summed E-state index contributed by atoms with van der Waals surface area (Å²) >= 11 is 5.87. The highest BCUT2D eigenvalue weighted by atomic mass is 35.5. The molecule has 0 aliphatic rings. The largest absolute Gasteiger partial charge is 0.486 e. The van der Waals surface area contributed by atoms with Crippen LogP contribution in [-0.4, -0.2) is 18.4 Å². The molecule has 0 saturated carbocycles. The third-order valence-corrected chi connectivity index (χ3v) is 4.04. The van der Waals surface area contributed by atoms with Crippen molar-refractivity contribution < 1.29 is 18.7 Å². The molecule has 1 heterocycles. The molecule has 144 valence electrons. The predicted octanol–water partition coefficient (Wildman–Crippen LogP) is 4.19. The van der Waals surface area contributed by atoms with Crippen LogP contribution in [0.5, 0.6) is 5.75 Å². The minimum absolute atomic E-state index is 0.109. The summed E-state index contributed by atoms with van der Waals surface area (Å²) < 4.78 is 11.1. The van der Waals surface area contributed by atoms with Crippen LogP contribution >= 0.6 is 11.6 Å². The Hall–Kier alpha value is -3.25. The number of benzene rings is 2. The maximum atomic E-state index is 12.1. The lowest BCUT2D eigenvalue weighted by Crippen LogP contribution is -2.32. The van der Waals surface area contributed by atoms with Gasteiger partial charge in [0.2, 0.25) is 5.91 Å². The summed E-state index contributed by atoms with van der Waals surface area (Å²) in [6.45, 7) is 2.00. The van der Waals surface area contributed by atoms with E-state index in [1.807, 2.05) is 31.2 Å². The number of hydrogen-bond acceptors (Lipinski definition) is 4. The quantitative estimate of drug-likeness (QED) is 0.625. The monoisotopic (exact) mass is 398 g/mol. The van der Waals surface area contributed by atoms with E-state index in [0.717, 1.165) is 5.56 Å². The molecule has 2 N–H and O–H groups in total. The van der Waals surface area contributed by atoms with Crippen molar-refractivity contribution >= 4 is 29.1 Å². The fourth-order valence-corrected chi connectivity index (χ4v) is 2.58. The molecule has 2 amide bonds. The van der Waals surface area contributed by atoms with E-state index in [9.17, 15) is 9.59 Å². The van der Waals surface area contributed by atoms with E-state index < -0.39 is 5.91 Å². The predicted molar refractivity (Wildman–Crippen MR) is 107 cm³/mol. The average Bonchev–Trinajstić information content (AvgIpc) is 3.15. The highest BCUT2D eigenvalue weighted by Gasteiger charge is 2.13. The van der Waals surface area contributed by atoms with Crippen molar-refractivity contribution in [1.82, 2.24) is 5.32 Å². The lowest BCUT2D eigenvalue weighted by molar-refractivity contribution is -0.115. The van der Waals surface area contributed by atoms with Crippen molar-refractivity contribution in [3.05, 3.63) is 82.8 Å². The maximum Gasteiger partial charge on any atom is 0.287 e. The average molecular weight is 399 g/mol. The van der Waals surface area contributed by atoms with Gasteiger partial charge in [0.1, 0.15) is 18.1 Å². The van der Waals surface area contributed by atoms with E-state index in [1.54, 1.807) is 30.3 Å². The zero-order valence-electron chi connectivity index (χ0n) is 15.2. The van der Waals surface area contributed by atoms with E-state index in [1.165, 1.54) is 6.07 Å². The van der Waals surface area contributed by atoms with E-state index in [0.29, 0.717) is 22.2 Å². The number of carbonyl (C=O) groups is 2. The van der Waals surface area contributed by atoms with Gasteiger partial charge in [-0.3, -0.25) is 9.59 Å². The number of nitrogens with one attached hydrogen (secondary N) is 2. The highest BCUT2D eigenvalue weighted by Crippen LogP contribution is 2.16. The fraction of sp³-hybridized carbons (Fsp3) is 0.143. The molecule has 2 aromatic carbocycles. The van der Waals surface area contributed by atoms with Gasteiger partial charge in [-0.2, -0.15) is 0 Å². The number of carbonyl (C=O) groups excluding carboxylic acids is 2. The number of hydrogen-bond donors (Lipinski definition) is 2. The van der Waals surface area contributed by atoms with Gasteiger partial charge in [0, 0.05) is 10.7 Å². The smallest absolute Gasteiger partial charge is 0.287 e. The minimum Gasteiger partial charge on any atom is -0.486 e. The topological polar surface area (TPSA) is 80.6 Å². The van der Waals surface area contributed by atoms with Crippen molar-refractivity contribution in [3.8, 4) is 5.75 Å². The molecule has 0 fully saturated rings. The summed E-state index contributed by atoms with van der Waals surface area (Å²) in [5.41, 5.74) is 1.70. The lowest BCUT2D eigenvalue weighted by Gasteiger charge is -2.06. The first-order valence-electron chi connectivity index (χ1n) is 8.61. The summed E-state index contributed by atoms with van der Waals surface area (Å²) in [5, 5.41) is 5.67.